The maximum absolute atomic E-state index is 13.4. The summed E-state index contributed by atoms with van der Waals surface area (Å²) in [6, 6.07) is 14.7. The molecule has 0 saturated carbocycles. The second-order valence-corrected chi connectivity index (χ2v) is 7.17. The van der Waals surface area contributed by atoms with Crippen molar-refractivity contribution in [1.29, 1.82) is 0 Å². The Balaban J connectivity index is 1.60. The lowest BCUT2D eigenvalue weighted by Gasteiger charge is -2.39. The minimum absolute atomic E-state index is 0.228. The molecule has 8 heteroatoms. The number of hydrogen-bond acceptors (Lipinski definition) is 1. The van der Waals surface area contributed by atoms with Gasteiger partial charge in [0.15, 0.2) is 5.11 Å². The number of thiocarbonyl (C=S) groups is 1. The van der Waals surface area contributed by atoms with Gasteiger partial charge in [0.2, 0.25) is 0 Å². The highest BCUT2D eigenvalue weighted by Gasteiger charge is 2.32. The second-order valence-electron chi connectivity index (χ2n) is 6.78. The molecule has 1 N–H and O–H groups in total. The van der Waals surface area contributed by atoms with Gasteiger partial charge in [-0.3, -0.25) is 0 Å². The van der Waals surface area contributed by atoms with Crippen LogP contribution in [-0.4, -0.2) is 21.1 Å². The average Bonchev–Trinajstić information content (AvgIpc) is 3.16. The molecule has 3 nitrogen and oxygen atoms in total. The molecule has 1 aliphatic heterocycles. The zero-order chi connectivity index (χ0) is 20.6. The van der Waals surface area contributed by atoms with E-state index in [0.29, 0.717) is 17.3 Å². The van der Waals surface area contributed by atoms with Gasteiger partial charge in [-0.1, -0.05) is 12.1 Å². The van der Waals surface area contributed by atoms with E-state index in [1.165, 1.54) is 24.3 Å². The second kappa shape index (κ2) is 7.51. The predicted molar refractivity (Wildman–Crippen MR) is 107 cm³/mol. The Morgan fingerprint density at radius 1 is 0.966 bits per heavy atom. The van der Waals surface area contributed by atoms with Gasteiger partial charge >= 0.3 is 6.18 Å². The SMILES string of the molecule is Fc1ccc(C2c3cccn3CCN2C(=S)Nc2ccc(C(F)(F)F)cc2)cc1. The van der Waals surface area contributed by atoms with Gasteiger partial charge in [-0.05, 0) is 66.3 Å². The quantitative estimate of drug-likeness (QED) is 0.441. The lowest BCUT2D eigenvalue weighted by molar-refractivity contribution is -0.137. The van der Waals surface area contributed by atoms with Crippen LogP contribution in [0, 0.1) is 5.82 Å². The fraction of sp³-hybridized carbons (Fsp3) is 0.190. The Bertz CT molecular complexity index is 1010. The van der Waals surface area contributed by atoms with E-state index in [1.54, 1.807) is 12.1 Å². The molecule has 29 heavy (non-hydrogen) atoms. The Morgan fingerprint density at radius 3 is 2.31 bits per heavy atom. The van der Waals surface area contributed by atoms with Gasteiger partial charge in [0.05, 0.1) is 11.6 Å². The van der Waals surface area contributed by atoms with E-state index in [0.717, 1.165) is 29.9 Å². The summed E-state index contributed by atoms with van der Waals surface area (Å²) < 4.78 is 53.8. The standard InChI is InChI=1S/C21H17F4N3S/c22-16-7-3-14(4-8-16)19-18-2-1-11-27(18)12-13-28(19)20(29)26-17-9-5-15(6-10-17)21(23,24)25/h1-11,19H,12-13H2,(H,26,29). The first kappa shape index (κ1) is 19.4. The molecule has 1 aromatic heterocycles. The maximum atomic E-state index is 13.4. The monoisotopic (exact) mass is 419 g/mol. The molecule has 0 amide bonds. The fourth-order valence-electron chi connectivity index (χ4n) is 3.54. The normalized spacial score (nSPS) is 16.4. The number of halogens is 4. The molecule has 1 unspecified atom stereocenters. The summed E-state index contributed by atoms with van der Waals surface area (Å²) in [4.78, 5) is 1.97. The third kappa shape index (κ3) is 3.98. The average molecular weight is 419 g/mol. The van der Waals surface area contributed by atoms with Gasteiger partial charge in [-0.25, -0.2) is 4.39 Å². The van der Waals surface area contributed by atoms with Crippen LogP contribution in [0.5, 0.6) is 0 Å². The van der Waals surface area contributed by atoms with Crippen LogP contribution in [0.15, 0.2) is 66.9 Å². The number of aromatic nitrogens is 1. The van der Waals surface area contributed by atoms with Crippen LogP contribution in [0.3, 0.4) is 0 Å². The zero-order valence-corrected chi connectivity index (χ0v) is 16.0. The summed E-state index contributed by atoms with van der Waals surface area (Å²) in [6.07, 6.45) is -2.40. The molecular weight excluding hydrogens is 402 g/mol. The third-order valence-corrected chi connectivity index (χ3v) is 5.28. The molecule has 0 aliphatic carbocycles. The number of fused-ring (bicyclic) bond motifs is 1. The van der Waals surface area contributed by atoms with Gasteiger partial charge in [0, 0.05) is 30.7 Å². The summed E-state index contributed by atoms with van der Waals surface area (Å²) in [5.74, 6) is -0.322. The number of anilines is 1. The molecule has 2 heterocycles. The Labute approximate surface area is 170 Å². The number of nitrogens with one attached hydrogen (secondary N) is 1. The van der Waals surface area contributed by atoms with Crippen molar-refractivity contribution in [2.75, 3.05) is 11.9 Å². The lowest BCUT2D eigenvalue weighted by atomic mass is 10.0. The molecule has 4 rings (SSSR count). The van der Waals surface area contributed by atoms with E-state index in [-0.39, 0.29) is 11.9 Å². The first-order valence-corrected chi connectivity index (χ1v) is 9.39. The highest BCUT2D eigenvalue weighted by molar-refractivity contribution is 7.80. The largest absolute Gasteiger partial charge is 0.416 e. The minimum Gasteiger partial charge on any atom is -0.348 e. The smallest absolute Gasteiger partial charge is 0.348 e. The summed E-state index contributed by atoms with van der Waals surface area (Å²) in [7, 11) is 0. The molecule has 2 aromatic carbocycles. The Hall–Kier alpha value is -2.87. The van der Waals surface area contributed by atoms with Gasteiger partial charge in [0.1, 0.15) is 5.82 Å². The Kier molecular flexibility index (Phi) is 5.04. The van der Waals surface area contributed by atoms with Gasteiger partial charge < -0.3 is 14.8 Å². The summed E-state index contributed by atoms with van der Waals surface area (Å²) in [5, 5.41) is 3.43. The molecule has 0 bridgehead atoms. The van der Waals surface area contributed by atoms with Crippen LogP contribution in [0.2, 0.25) is 0 Å². The molecule has 3 aromatic rings. The van der Waals surface area contributed by atoms with Crippen LogP contribution in [0.4, 0.5) is 23.2 Å². The zero-order valence-electron chi connectivity index (χ0n) is 15.2. The lowest BCUT2D eigenvalue weighted by Crippen LogP contribution is -2.44. The van der Waals surface area contributed by atoms with Crippen LogP contribution >= 0.6 is 12.2 Å². The van der Waals surface area contributed by atoms with Crippen molar-refractivity contribution >= 4 is 23.0 Å². The molecule has 1 aliphatic rings. The van der Waals surface area contributed by atoms with E-state index < -0.39 is 11.7 Å². The van der Waals surface area contributed by atoms with Gasteiger partial charge in [-0.15, -0.1) is 0 Å². The number of benzene rings is 2. The van der Waals surface area contributed by atoms with Crippen LogP contribution in [0.1, 0.15) is 22.9 Å². The summed E-state index contributed by atoms with van der Waals surface area (Å²) in [5.41, 5.74) is 1.65. The van der Waals surface area contributed by atoms with Crippen LogP contribution in [-0.2, 0) is 12.7 Å². The number of hydrogen-bond donors (Lipinski definition) is 1. The van der Waals surface area contributed by atoms with Crippen molar-refractivity contribution in [1.82, 2.24) is 9.47 Å². The van der Waals surface area contributed by atoms with Crippen molar-refractivity contribution in [3.63, 3.8) is 0 Å². The molecular formula is C21H17F4N3S. The van der Waals surface area contributed by atoms with E-state index in [2.05, 4.69) is 9.88 Å². The minimum atomic E-state index is -4.38. The number of alkyl halides is 3. The van der Waals surface area contributed by atoms with Crippen molar-refractivity contribution < 1.29 is 17.6 Å². The van der Waals surface area contributed by atoms with Gasteiger partial charge in [0.25, 0.3) is 0 Å². The topological polar surface area (TPSA) is 20.2 Å². The number of nitrogens with zero attached hydrogens (tertiary/aromatic N) is 2. The van der Waals surface area contributed by atoms with Crippen molar-refractivity contribution in [2.24, 2.45) is 0 Å². The van der Waals surface area contributed by atoms with Crippen molar-refractivity contribution in [3.05, 3.63) is 89.5 Å². The third-order valence-electron chi connectivity index (χ3n) is 4.95. The summed E-state index contributed by atoms with van der Waals surface area (Å²) in [6.45, 7) is 1.32. The maximum Gasteiger partial charge on any atom is 0.416 e. The highest BCUT2D eigenvalue weighted by atomic mass is 32.1. The molecule has 1 atom stereocenters. The number of rotatable bonds is 2. The van der Waals surface area contributed by atoms with E-state index in [9.17, 15) is 17.6 Å². The molecule has 0 fully saturated rings. The van der Waals surface area contributed by atoms with Crippen LogP contribution in [0.25, 0.3) is 0 Å². The van der Waals surface area contributed by atoms with E-state index >= 15 is 0 Å². The van der Waals surface area contributed by atoms with E-state index in [1.807, 2.05) is 23.2 Å². The van der Waals surface area contributed by atoms with E-state index in [4.69, 9.17) is 12.2 Å². The highest BCUT2D eigenvalue weighted by Crippen LogP contribution is 2.34. The van der Waals surface area contributed by atoms with Crippen molar-refractivity contribution in [2.45, 2.75) is 18.8 Å². The van der Waals surface area contributed by atoms with Crippen molar-refractivity contribution in [3.8, 4) is 0 Å². The summed E-state index contributed by atoms with van der Waals surface area (Å²) >= 11 is 5.58. The van der Waals surface area contributed by atoms with Crippen LogP contribution < -0.4 is 5.32 Å². The molecule has 0 radical (unpaired) electrons. The fourth-order valence-corrected chi connectivity index (χ4v) is 3.85. The molecule has 150 valence electrons. The first-order valence-electron chi connectivity index (χ1n) is 8.98. The first-order chi connectivity index (χ1) is 13.8. The molecule has 0 saturated heterocycles. The van der Waals surface area contributed by atoms with Gasteiger partial charge in [-0.2, -0.15) is 13.2 Å². The Morgan fingerprint density at radius 2 is 1.66 bits per heavy atom. The molecule has 0 spiro atoms. The predicted octanol–water partition coefficient (Wildman–Crippen LogP) is 5.45.